The van der Waals surface area contributed by atoms with Crippen LogP contribution in [0.4, 0.5) is 5.69 Å². The fourth-order valence-corrected chi connectivity index (χ4v) is 6.40. The molecule has 1 aromatic heterocycles. The third-order valence-corrected chi connectivity index (χ3v) is 8.51. The number of carbonyl (C=O) groups excluding carboxylic acids is 2. The third-order valence-electron chi connectivity index (χ3n) is 8.51. The Morgan fingerprint density at radius 1 is 0.950 bits per heavy atom. The lowest BCUT2D eigenvalue weighted by molar-refractivity contribution is -0.133. The SMILES string of the molecule is O=C(CCN1CCN(c2ccccc2)CC1)NC(=O)C1c2ccccc2CN(C2CCOCC2)C1c1cnco1. The molecule has 1 N–H and O–H groups in total. The molecule has 6 rings (SSSR count). The van der Waals surface area contributed by atoms with E-state index in [0.29, 0.717) is 32.1 Å². The first-order valence-electron chi connectivity index (χ1n) is 14.3. The van der Waals surface area contributed by atoms with Crippen LogP contribution in [0.15, 0.2) is 71.6 Å². The minimum absolute atomic E-state index is 0.243. The zero-order valence-electron chi connectivity index (χ0n) is 22.8. The quantitative estimate of drug-likeness (QED) is 0.485. The molecule has 2 saturated heterocycles. The molecule has 0 radical (unpaired) electrons. The van der Waals surface area contributed by atoms with Gasteiger partial charge in [-0.25, -0.2) is 4.98 Å². The first-order chi connectivity index (χ1) is 19.7. The smallest absolute Gasteiger partial charge is 0.236 e. The topological polar surface area (TPSA) is 91.2 Å². The van der Waals surface area contributed by atoms with E-state index in [-0.39, 0.29) is 30.3 Å². The molecule has 2 unspecified atom stereocenters. The normalized spacial score (nSPS) is 22.6. The van der Waals surface area contributed by atoms with E-state index < -0.39 is 5.92 Å². The highest BCUT2D eigenvalue weighted by Crippen LogP contribution is 2.45. The van der Waals surface area contributed by atoms with E-state index in [9.17, 15) is 9.59 Å². The maximum Gasteiger partial charge on any atom is 0.236 e. The number of oxazole rings is 1. The van der Waals surface area contributed by atoms with Crippen LogP contribution in [0.3, 0.4) is 0 Å². The Balaban J connectivity index is 1.13. The summed E-state index contributed by atoms with van der Waals surface area (Å²) < 4.78 is 11.4. The highest BCUT2D eigenvalue weighted by atomic mass is 16.5. The minimum atomic E-state index is -0.584. The lowest BCUT2D eigenvalue weighted by Gasteiger charge is -2.45. The molecule has 9 heteroatoms. The van der Waals surface area contributed by atoms with Crippen molar-refractivity contribution in [2.45, 2.75) is 43.8 Å². The van der Waals surface area contributed by atoms with E-state index in [2.05, 4.69) is 55.3 Å². The first-order valence-corrected chi connectivity index (χ1v) is 14.3. The molecule has 40 heavy (non-hydrogen) atoms. The number of hydrogen-bond acceptors (Lipinski definition) is 8. The Hall–Kier alpha value is -3.53. The van der Waals surface area contributed by atoms with Crippen LogP contribution >= 0.6 is 0 Å². The van der Waals surface area contributed by atoms with Crippen molar-refractivity contribution in [2.24, 2.45) is 0 Å². The van der Waals surface area contributed by atoms with Gasteiger partial charge in [0, 0.05) is 70.6 Å². The monoisotopic (exact) mass is 543 g/mol. The molecule has 4 heterocycles. The second-order valence-electron chi connectivity index (χ2n) is 10.9. The van der Waals surface area contributed by atoms with Crippen molar-refractivity contribution in [2.75, 3.05) is 50.8 Å². The number of carbonyl (C=O) groups is 2. The summed E-state index contributed by atoms with van der Waals surface area (Å²) in [4.78, 5) is 38.2. The van der Waals surface area contributed by atoms with E-state index in [0.717, 1.165) is 50.1 Å². The second-order valence-corrected chi connectivity index (χ2v) is 10.9. The molecule has 0 bridgehead atoms. The van der Waals surface area contributed by atoms with Gasteiger partial charge in [0.1, 0.15) is 5.76 Å². The summed E-state index contributed by atoms with van der Waals surface area (Å²) in [5, 5.41) is 2.75. The van der Waals surface area contributed by atoms with Crippen molar-refractivity contribution < 1.29 is 18.7 Å². The number of rotatable bonds is 7. The van der Waals surface area contributed by atoms with Crippen molar-refractivity contribution in [3.63, 3.8) is 0 Å². The largest absolute Gasteiger partial charge is 0.447 e. The van der Waals surface area contributed by atoms with Gasteiger partial charge in [-0.3, -0.25) is 24.7 Å². The Morgan fingerprint density at radius 2 is 1.70 bits per heavy atom. The molecular weight excluding hydrogens is 506 g/mol. The number of fused-ring (bicyclic) bond motifs is 1. The molecule has 2 fully saturated rings. The predicted molar refractivity (Wildman–Crippen MR) is 151 cm³/mol. The van der Waals surface area contributed by atoms with Crippen LogP contribution in [0.25, 0.3) is 0 Å². The number of ether oxygens (including phenoxy) is 1. The summed E-state index contributed by atoms with van der Waals surface area (Å²) in [5.74, 6) is -0.471. The van der Waals surface area contributed by atoms with Gasteiger partial charge in [-0.05, 0) is 36.1 Å². The molecular formula is C31H37N5O4. The maximum absolute atomic E-state index is 13.9. The fourth-order valence-electron chi connectivity index (χ4n) is 6.40. The molecule has 210 valence electrons. The number of hydrogen-bond donors (Lipinski definition) is 1. The van der Waals surface area contributed by atoms with Crippen molar-refractivity contribution in [1.29, 1.82) is 0 Å². The van der Waals surface area contributed by atoms with E-state index in [4.69, 9.17) is 9.15 Å². The summed E-state index contributed by atoms with van der Waals surface area (Å²) in [6.07, 6.45) is 5.16. The lowest BCUT2D eigenvalue weighted by Crippen LogP contribution is -2.50. The average Bonchev–Trinajstić information content (AvgIpc) is 3.55. The number of para-hydroxylation sites is 1. The molecule has 2 atom stereocenters. The average molecular weight is 544 g/mol. The van der Waals surface area contributed by atoms with Gasteiger partial charge in [-0.15, -0.1) is 0 Å². The number of amides is 2. The highest BCUT2D eigenvalue weighted by molar-refractivity contribution is 5.99. The van der Waals surface area contributed by atoms with Gasteiger partial charge in [0.25, 0.3) is 0 Å². The van der Waals surface area contributed by atoms with E-state index in [1.807, 2.05) is 24.3 Å². The van der Waals surface area contributed by atoms with Gasteiger partial charge in [-0.2, -0.15) is 0 Å². The van der Waals surface area contributed by atoms with E-state index in [1.165, 1.54) is 12.1 Å². The number of nitrogens with one attached hydrogen (secondary N) is 1. The Labute approximate surface area is 235 Å². The van der Waals surface area contributed by atoms with Gasteiger partial charge >= 0.3 is 0 Å². The molecule has 2 amide bonds. The first kappa shape index (κ1) is 26.7. The van der Waals surface area contributed by atoms with Crippen LogP contribution in [0, 0.1) is 0 Å². The van der Waals surface area contributed by atoms with Gasteiger partial charge in [0.15, 0.2) is 6.39 Å². The van der Waals surface area contributed by atoms with Crippen LogP contribution < -0.4 is 10.2 Å². The minimum Gasteiger partial charge on any atom is -0.447 e. The third kappa shape index (κ3) is 5.82. The number of nitrogens with zero attached hydrogens (tertiary/aromatic N) is 4. The molecule has 3 aromatic rings. The zero-order valence-corrected chi connectivity index (χ0v) is 22.8. The van der Waals surface area contributed by atoms with Gasteiger partial charge < -0.3 is 14.1 Å². The molecule has 2 aromatic carbocycles. The molecule has 0 spiro atoms. The Bertz CT molecular complexity index is 1270. The summed E-state index contributed by atoms with van der Waals surface area (Å²) in [7, 11) is 0. The van der Waals surface area contributed by atoms with E-state index in [1.54, 1.807) is 6.20 Å². The van der Waals surface area contributed by atoms with Crippen LogP contribution in [0.1, 0.15) is 48.1 Å². The lowest BCUT2D eigenvalue weighted by atomic mass is 9.80. The van der Waals surface area contributed by atoms with Crippen LogP contribution in [-0.4, -0.2) is 78.6 Å². The summed E-state index contributed by atoms with van der Waals surface area (Å²) in [6.45, 7) is 6.34. The standard InChI is InChI=1S/C31H37N5O4/c37-28(10-13-34-14-16-35(17-15-34)24-7-2-1-3-8-24)33-31(38)29-26-9-5-4-6-23(26)21-36(25-11-18-39-19-12-25)30(29)27-20-32-22-40-27/h1-9,20,22,25,29-30H,10-19,21H2,(H,33,37,38). The number of anilines is 1. The summed E-state index contributed by atoms with van der Waals surface area (Å²) in [5.41, 5.74) is 3.28. The predicted octanol–water partition coefficient (Wildman–Crippen LogP) is 3.35. The number of aromatic nitrogens is 1. The number of benzene rings is 2. The second kappa shape index (κ2) is 12.3. The van der Waals surface area contributed by atoms with Crippen molar-refractivity contribution in [3.05, 3.63) is 84.1 Å². The molecule has 3 aliphatic heterocycles. The molecule has 0 saturated carbocycles. The van der Waals surface area contributed by atoms with Crippen molar-refractivity contribution in [1.82, 2.24) is 20.1 Å². The fraction of sp³-hybridized carbons (Fsp3) is 0.452. The number of imide groups is 1. The molecule has 9 nitrogen and oxygen atoms in total. The zero-order chi connectivity index (χ0) is 27.3. The van der Waals surface area contributed by atoms with Gasteiger partial charge in [-0.1, -0.05) is 42.5 Å². The summed E-state index contributed by atoms with van der Waals surface area (Å²) in [6, 6.07) is 18.4. The molecule has 3 aliphatic rings. The number of piperazine rings is 1. The van der Waals surface area contributed by atoms with Crippen LogP contribution in [0.2, 0.25) is 0 Å². The highest BCUT2D eigenvalue weighted by Gasteiger charge is 2.45. The Morgan fingerprint density at radius 3 is 2.45 bits per heavy atom. The van der Waals surface area contributed by atoms with Crippen LogP contribution in [-0.2, 0) is 20.9 Å². The van der Waals surface area contributed by atoms with Gasteiger partial charge in [0.2, 0.25) is 11.8 Å². The van der Waals surface area contributed by atoms with Crippen molar-refractivity contribution in [3.8, 4) is 0 Å². The summed E-state index contributed by atoms with van der Waals surface area (Å²) >= 11 is 0. The van der Waals surface area contributed by atoms with Crippen molar-refractivity contribution >= 4 is 17.5 Å². The Kier molecular flexibility index (Phi) is 8.22. The van der Waals surface area contributed by atoms with Gasteiger partial charge in [0.05, 0.1) is 18.2 Å². The maximum atomic E-state index is 13.9. The van der Waals surface area contributed by atoms with Crippen LogP contribution in [0.5, 0.6) is 0 Å². The van der Waals surface area contributed by atoms with E-state index >= 15 is 0 Å². The molecule has 0 aliphatic carbocycles.